The lowest BCUT2D eigenvalue weighted by Gasteiger charge is -2.21. The van der Waals surface area contributed by atoms with E-state index in [0.29, 0.717) is 17.2 Å². The van der Waals surface area contributed by atoms with Gasteiger partial charge in [-0.15, -0.1) is 0 Å². The molecule has 0 radical (unpaired) electrons. The minimum Gasteiger partial charge on any atom is -0.338 e. The molecule has 1 aliphatic heterocycles. The number of carbonyl (C=O) groups is 3. The fourth-order valence-corrected chi connectivity index (χ4v) is 2.62. The molecule has 0 unspecified atom stereocenters. The van der Waals surface area contributed by atoms with Crippen LogP contribution in [-0.2, 0) is 9.59 Å². The summed E-state index contributed by atoms with van der Waals surface area (Å²) < 4.78 is 0. The summed E-state index contributed by atoms with van der Waals surface area (Å²) in [4.78, 5) is 42.0. The summed E-state index contributed by atoms with van der Waals surface area (Å²) in [5.74, 6) is -0.333. The highest BCUT2D eigenvalue weighted by Crippen LogP contribution is 2.28. The van der Waals surface area contributed by atoms with Crippen LogP contribution in [0.25, 0.3) is 0 Å². The lowest BCUT2D eigenvalue weighted by atomic mass is 9.89. The highest BCUT2D eigenvalue weighted by atomic mass is 16.2. The number of imide groups is 1. The van der Waals surface area contributed by atoms with Gasteiger partial charge in [-0.3, -0.25) is 19.7 Å². The number of anilines is 1. The van der Waals surface area contributed by atoms with Gasteiger partial charge in [0.05, 0.1) is 6.20 Å². The van der Waals surface area contributed by atoms with Crippen LogP contribution in [0.1, 0.15) is 40.6 Å². The average Bonchev–Trinajstić information content (AvgIpc) is 2.93. The van der Waals surface area contributed by atoms with Gasteiger partial charge in [-0.05, 0) is 24.6 Å². The van der Waals surface area contributed by atoms with E-state index in [1.807, 2.05) is 6.07 Å². The van der Waals surface area contributed by atoms with E-state index in [1.165, 1.54) is 6.20 Å². The van der Waals surface area contributed by atoms with E-state index in [1.54, 1.807) is 25.1 Å². The van der Waals surface area contributed by atoms with E-state index in [-0.39, 0.29) is 36.5 Å². The van der Waals surface area contributed by atoms with E-state index >= 15 is 0 Å². The molecule has 1 aliphatic rings. The first kappa shape index (κ1) is 15.0. The molecule has 7 nitrogen and oxygen atoms in total. The Morgan fingerprint density at radius 1 is 1.26 bits per heavy atom. The Bertz CT molecular complexity index is 765. The first-order valence-electron chi connectivity index (χ1n) is 7.27. The normalized spacial score (nSPS) is 15.3. The molecular weight excluding hydrogens is 296 g/mol. The van der Waals surface area contributed by atoms with Crippen molar-refractivity contribution in [1.29, 1.82) is 0 Å². The van der Waals surface area contributed by atoms with Crippen molar-refractivity contribution in [3.05, 3.63) is 47.5 Å². The third-order valence-electron chi connectivity index (χ3n) is 3.71. The number of nitrogens with one attached hydrogen (secondary N) is 3. The van der Waals surface area contributed by atoms with E-state index in [9.17, 15) is 14.4 Å². The molecule has 0 bridgehead atoms. The lowest BCUT2D eigenvalue weighted by Crippen LogP contribution is -2.37. The number of aryl methyl sites for hydroxylation is 1. The zero-order chi connectivity index (χ0) is 16.4. The van der Waals surface area contributed by atoms with Crippen LogP contribution in [0.15, 0.2) is 30.5 Å². The summed E-state index contributed by atoms with van der Waals surface area (Å²) in [6.45, 7) is 1.77. The van der Waals surface area contributed by atoms with Gasteiger partial charge in [0.1, 0.15) is 11.5 Å². The number of carbonyl (C=O) groups excluding carboxylic acids is 3. The average molecular weight is 312 g/mol. The number of amides is 3. The van der Waals surface area contributed by atoms with Crippen molar-refractivity contribution in [1.82, 2.24) is 15.3 Å². The summed E-state index contributed by atoms with van der Waals surface area (Å²) in [6.07, 6.45) is 2.00. The predicted octanol–water partition coefficient (Wildman–Crippen LogP) is 1.49. The minimum atomic E-state index is -0.291. The molecule has 23 heavy (non-hydrogen) atoms. The van der Waals surface area contributed by atoms with Gasteiger partial charge in [0.2, 0.25) is 11.8 Å². The van der Waals surface area contributed by atoms with Crippen LogP contribution < -0.4 is 10.6 Å². The second-order valence-corrected chi connectivity index (χ2v) is 5.54. The molecule has 118 valence electrons. The van der Waals surface area contributed by atoms with Gasteiger partial charge >= 0.3 is 0 Å². The summed E-state index contributed by atoms with van der Waals surface area (Å²) in [5.41, 5.74) is 1.84. The van der Waals surface area contributed by atoms with E-state index in [4.69, 9.17) is 0 Å². The number of piperidine rings is 1. The number of aromatic amines is 1. The molecule has 1 aromatic heterocycles. The predicted molar refractivity (Wildman–Crippen MR) is 82.8 cm³/mol. The van der Waals surface area contributed by atoms with Gasteiger partial charge in [0.25, 0.3) is 5.91 Å². The maximum atomic E-state index is 12.1. The van der Waals surface area contributed by atoms with Crippen molar-refractivity contribution in [2.24, 2.45) is 0 Å². The zero-order valence-corrected chi connectivity index (χ0v) is 12.6. The second kappa shape index (κ2) is 6.04. The first-order chi connectivity index (χ1) is 11.0. The molecule has 0 aliphatic carbocycles. The Kier molecular flexibility index (Phi) is 3.92. The molecule has 3 N–H and O–H groups in total. The maximum absolute atomic E-state index is 12.1. The molecule has 0 atom stereocenters. The third-order valence-corrected chi connectivity index (χ3v) is 3.71. The summed E-state index contributed by atoms with van der Waals surface area (Å²) in [6, 6.07) is 7.19. The number of rotatable bonds is 3. The van der Waals surface area contributed by atoms with E-state index < -0.39 is 0 Å². The Morgan fingerprint density at radius 3 is 2.65 bits per heavy atom. The van der Waals surface area contributed by atoms with Gasteiger partial charge in [-0.1, -0.05) is 12.1 Å². The monoisotopic (exact) mass is 312 g/mol. The van der Waals surface area contributed by atoms with Gasteiger partial charge in [-0.25, -0.2) is 4.98 Å². The van der Waals surface area contributed by atoms with Gasteiger partial charge < -0.3 is 10.3 Å². The molecule has 1 fully saturated rings. The molecule has 0 spiro atoms. The highest BCUT2D eigenvalue weighted by Gasteiger charge is 2.26. The summed E-state index contributed by atoms with van der Waals surface area (Å²) in [7, 11) is 0. The van der Waals surface area contributed by atoms with Crippen LogP contribution in [0.5, 0.6) is 0 Å². The van der Waals surface area contributed by atoms with Crippen molar-refractivity contribution >= 4 is 23.4 Å². The van der Waals surface area contributed by atoms with Gasteiger partial charge in [0, 0.05) is 24.4 Å². The van der Waals surface area contributed by atoms with Crippen molar-refractivity contribution in [2.45, 2.75) is 25.7 Å². The van der Waals surface area contributed by atoms with Crippen LogP contribution in [-0.4, -0.2) is 27.7 Å². The van der Waals surface area contributed by atoms with E-state index in [2.05, 4.69) is 20.6 Å². The Labute approximate surface area is 132 Å². The Morgan fingerprint density at radius 2 is 2.00 bits per heavy atom. The lowest BCUT2D eigenvalue weighted by molar-refractivity contribution is -0.133. The van der Waals surface area contributed by atoms with Crippen molar-refractivity contribution in [3.63, 3.8) is 0 Å². The number of nitrogens with zero attached hydrogens (tertiary/aromatic N) is 1. The second-order valence-electron chi connectivity index (χ2n) is 5.54. The SMILES string of the molecule is Cc1ncc(C(=O)Nc2cccc(C3CC(=O)NC(=O)C3)c2)[nH]1. The Hall–Kier alpha value is -2.96. The molecule has 7 heteroatoms. The number of H-pyrrole nitrogens is 1. The Balaban J connectivity index is 1.76. The number of benzene rings is 1. The third kappa shape index (κ3) is 3.45. The molecular formula is C16H16N4O3. The zero-order valence-electron chi connectivity index (χ0n) is 12.6. The molecule has 2 heterocycles. The topological polar surface area (TPSA) is 104 Å². The smallest absolute Gasteiger partial charge is 0.273 e. The van der Waals surface area contributed by atoms with Crippen LogP contribution >= 0.6 is 0 Å². The van der Waals surface area contributed by atoms with Crippen LogP contribution in [0, 0.1) is 6.92 Å². The standard InChI is InChI=1S/C16H16N4O3/c1-9-17-8-13(18-9)16(23)19-12-4-2-3-10(5-12)11-6-14(21)20-15(22)7-11/h2-5,8,11H,6-7H2,1H3,(H,17,18)(H,19,23)(H,20,21,22). The van der Waals surface area contributed by atoms with Crippen molar-refractivity contribution < 1.29 is 14.4 Å². The van der Waals surface area contributed by atoms with Crippen LogP contribution in [0.3, 0.4) is 0 Å². The number of imidazole rings is 1. The van der Waals surface area contributed by atoms with Crippen molar-refractivity contribution in [2.75, 3.05) is 5.32 Å². The quantitative estimate of drug-likeness (QED) is 0.747. The highest BCUT2D eigenvalue weighted by molar-refractivity contribution is 6.03. The number of aromatic nitrogens is 2. The van der Waals surface area contributed by atoms with Crippen LogP contribution in [0.2, 0.25) is 0 Å². The fourth-order valence-electron chi connectivity index (χ4n) is 2.62. The molecule has 3 rings (SSSR count). The maximum Gasteiger partial charge on any atom is 0.273 e. The molecule has 1 aromatic carbocycles. The van der Waals surface area contributed by atoms with Crippen molar-refractivity contribution in [3.8, 4) is 0 Å². The van der Waals surface area contributed by atoms with E-state index in [0.717, 1.165) is 5.56 Å². The minimum absolute atomic E-state index is 0.164. The molecule has 3 amide bonds. The first-order valence-corrected chi connectivity index (χ1v) is 7.27. The molecule has 1 saturated heterocycles. The molecule has 0 saturated carbocycles. The summed E-state index contributed by atoms with van der Waals surface area (Å²) in [5, 5.41) is 5.07. The number of hydrogen-bond acceptors (Lipinski definition) is 4. The summed E-state index contributed by atoms with van der Waals surface area (Å²) >= 11 is 0. The fraction of sp³-hybridized carbons (Fsp3) is 0.250. The number of hydrogen-bond donors (Lipinski definition) is 3. The van der Waals surface area contributed by atoms with Crippen LogP contribution in [0.4, 0.5) is 5.69 Å². The van der Waals surface area contributed by atoms with Gasteiger partial charge in [0.15, 0.2) is 0 Å². The molecule has 2 aromatic rings. The largest absolute Gasteiger partial charge is 0.338 e. The van der Waals surface area contributed by atoms with Gasteiger partial charge in [-0.2, -0.15) is 0 Å².